The fraction of sp³-hybridized carbons (Fsp3) is 0. The summed E-state index contributed by atoms with van der Waals surface area (Å²) >= 11 is 1.62. The molecule has 0 spiro atoms. The first kappa shape index (κ1) is 14.7. The third-order valence-electron chi connectivity index (χ3n) is 3.82. The molecule has 3 aromatic carbocycles. The minimum atomic E-state index is 0.904. The molecule has 0 saturated carbocycles. The largest absolute Gasteiger partial charge is 0.332 e. The lowest BCUT2D eigenvalue weighted by molar-refractivity contribution is 1.38. The number of benzene rings is 3. The normalized spacial score (nSPS) is 10.5. The minimum Gasteiger partial charge on any atom is -0.332 e. The third-order valence-corrected chi connectivity index (χ3v) is 4.57. The van der Waals surface area contributed by atoms with Crippen LogP contribution in [0.1, 0.15) is 0 Å². The van der Waals surface area contributed by atoms with E-state index in [2.05, 4.69) is 76.3 Å². The van der Waals surface area contributed by atoms with Crippen LogP contribution >= 0.6 is 11.3 Å². The quantitative estimate of drug-likeness (QED) is 0.481. The lowest BCUT2D eigenvalue weighted by Crippen LogP contribution is -1.89. The van der Waals surface area contributed by atoms with Gasteiger partial charge in [-0.15, -0.1) is 11.3 Å². The molecule has 1 aromatic heterocycles. The fourth-order valence-corrected chi connectivity index (χ4v) is 3.31. The Kier molecular flexibility index (Phi) is 4.09. The van der Waals surface area contributed by atoms with Crippen molar-refractivity contribution in [1.82, 2.24) is 4.98 Å². The van der Waals surface area contributed by atoms with Crippen molar-refractivity contribution in [1.29, 1.82) is 0 Å². The van der Waals surface area contributed by atoms with Gasteiger partial charge in [-0.25, -0.2) is 4.98 Å². The van der Waals surface area contributed by atoms with Crippen molar-refractivity contribution in [2.75, 3.05) is 5.32 Å². The van der Waals surface area contributed by atoms with Gasteiger partial charge in [-0.05, 0) is 23.3 Å². The molecule has 0 atom stereocenters. The lowest BCUT2D eigenvalue weighted by Gasteiger charge is -2.05. The molecule has 0 unspecified atom stereocenters. The van der Waals surface area contributed by atoms with Crippen LogP contribution in [0.3, 0.4) is 0 Å². The highest BCUT2D eigenvalue weighted by atomic mass is 32.1. The first-order chi connectivity index (χ1) is 11.9. The van der Waals surface area contributed by atoms with E-state index in [1.54, 1.807) is 11.3 Å². The summed E-state index contributed by atoms with van der Waals surface area (Å²) in [5.41, 5.74) is 5.63. The van der Waals surface area contributed by atoms with E-state index >= 15 is 0 Å². The number of hydrogen-bond acceptors (Lipinski definition) is 3. The lowest BCUT2D eigenvalue weighted by atomic mass is 10.1. The Hall–Kier alpha value is -2.91. The van der Waals surface area contributed by atoms with E-state index in [0.29, 0.717) is 0 Å². The number of aromatic nitrogens is 1. The van der Waals surface area contributed by atoms with E-state index < -0.39 is 0 Å². The Morgan fingerprint density at radius 1 is 0.625 bits per heavy atom. The zero-order valence-electron chi connectivity index (χ0n) is 13.0. The van der Waals surface area contributed by atoms with Crippen molar-refractivity contribution in [2.45, 2.75) is 0 Å². The Labute approximate surface area is 145 Å². The number of nitrogens with one attached hydrogen (secondary N) is 1. The minimum absolute atomic E-state index is 0.904. The van der Waals surface area contributed by atoms with E-state index in [1.807, 2.05) is 24.3 Å². The van der Waals surface area contributed by atoms with Crippen LogP contribution in [0, 0.1) is 0 Å². The smallest absolute Gasteiger partial charge is 0.187 e. The van der Waals surface area contributed by atoms with Gasteiger partial charge in [0.05, 0.1) is 5.69 Å². The summed E-state index contributed by atoms with van der Waals surface area (Å²) in [5, 5.41) is 6.36. The number of thiazole rings is 1. The Bertz CT molecular complexity index is 913. The molecule has 116 valence electrons. The fourth-order valence-electron chi connectivity index (χ4n) is 2.57. The van der Waals surface area contributed by atoms with Gasteiger partial charge in [0.2, 0.25) is 0 Å². The highest BCUT2D eigenvalue weighted by Gasteiger charge is 2.04. The summed E-state index contributed by atoms with van der Waals surface area (Å²) in [7, 11) is 0. The van der Waals surface area contributed by atoms with Gasteiger partial charge in [0, 0.05) is 16.6 Å². The monoisotopic (exact) mass is 328 g/mol. The SMILES string of the molecule is c1ccc(-c2ccc(Nc3nc(-c4ccccc4)cs3)cc2)cc1. The molecule has 0 saturated heterocycles. The molecular weight excluding hydrogens is 312 g/mol. The average Bonchev–Trinajstić information content (AvgIpc) is 3.12. The molecule has 1 N–H and O–H groups in total. The van der Waals surface area contributed by atoms with E-state index in [0.717, 1.165) is 22.1 Å². The Morgan fingerprint density at radius 2 is 1.21 bits per heavy atom. The van der Waals surface area contributed by atoms with Gasteiger partial charge < -0.3 is 5.32 Å². The molecule has 0 aliphatic rings. The number of anilines is 2. The topological polar surface area (TPSA) is 24.9 Å². The molecule has 4 rings (SSSR count). The van der Waals surface area contributed by atoms with E-state index in [1.165, 1.54) is 11.1 Å². The Balaban J connectivity index is 1.51. The molecule has 0 radical (unpaired) electrons. The zero-order chi connectivity index (χ0) is 16.2. The highest BCUT2D eigenvalue weighted by Crippen LogP contribution is 2.28. The van der Waals surface area contributed by atoms with Crippen molar-refractivity contribution in [3.05, 3.63) is 90.3 Å². The number of rotatable bonds is 4. The van der Waals surface area contributed by atoms with Crippen molar-refractivity contribution < 1.29 is 0 Å². The van der Waals surface area contributed by atoms with E-state index in [9.17, 15) is 0 Å². The summed E-state index contributed by atoms with van der Waals surface area (Å²) in [5.74, 6) is 0. The standard InChI is InChI=1S/C21H16N2S/c1-3-7-16(8-4-1)17-11-13-19(14-12-17)22-21-23-20(15-24-21)18-9-5-2-6-10-18/h1-15H,(H,22,23). The summed E-state index contributed by atoms with van der Waals surface area (Å²) in [6.45, 7) is 0. The second-order valence-electron chi connectivity index (χ2n) is 5.47. The molecule has 24 heavy (non-hydrogen) atoms. The van der Waals surface area contributed by atoms with E-state index in [-0.39, 0.29) is 0 Å². The van der Waals surface area contributed by atoms with Gasteiger partial charge >= 0.3 is 0 Å². The second-order valence-corrected chi connectivity index (χ2v) is 6.33. The third kappa shape index (κ3) is 3.21. The van der Waals surface area contributed by atoms with Gasteiger partial charge in [-0.1, -0.05) is 72.8 Å². The molecule has 1 heterocycles. The van der Waals surface area contributed by atoms with Gasteiger partial charge in [-0.2, -0.15) is 0 Å². The van der Waals surface area contributed by atoms with Crippen molar-refractivity contribution in [2.24, 2.45) is 0 Å². The number of nitrogens with zero attached hydrogens (tertiary/aromatic N) is 1. The second kappa shape index (κ2) is 6.69. The zero-order valence-corrected chi connectivity index (χ0v) is 13.8. The van der Waals surface area contributed by atoms with Crippen LogP contribution in [0.15, 0.2) is 90.3 Å². The molecule has 0 aliphatic carbocycles. The van der Waals surface area contributed by atoms with E-state index in [4.69, 9.17) is 0 Å². The molecule has 2 nitrogen and oxygen atoms in total. The van der Waals surface area contributed by atoms with Crippen LogP contribution < -0.4 is 5.32 Å². The maximum atomic E-state index is 4.66. The molecule has 4 aromatic rings. The first-order valence-electron chi connectivity index (χ1n) is 7.82. The van der Waals surface area contributed by atoms with Gasteiger partial charge in [0.1, 0.15) is 0 Å². The van der Waals surface area contributed by atoms with Crippen molar-refractivity contribution in [3.8, 4) is 22.4 Å². The van der Waals surface area contributed by atoms with Gasteiger partial charge in [-0.3, -0.25) is 0 Å². The average molecular weight is 328 g/mol. The highest BCUT2D eigenvalue weighted by molar-refractivity contribution is 7.14. The molecule has 0 amide bonds. The van der Waals surface area contributed by atoms with Crippen LogP contribution in [0.25, 0.3) is 22.4 Å². The summed E-state index contributed by atoms with van der Waals surface area (Å²) in [6, 6.07) is 29.1. The Morgan fingerprint density at radius 3 is 1.88 bits per heavy atom. The van der Waals surface area contributed by atoms with Crippen LogP contribution in [-0.4, -0.2) is 4.98 Å². The van der Waals surface area contributed by atoms with Crippen LogP contribution in [0.4, 0.5) is 10.8 Å². The maximum Gasteiger partial charge on any atom is 0.187 e. The number of hydrogen-bond donors (Lipinski definition) is 1. The summed E-state index contributed by atoms with van der Waals surface area (Å²) in [6.07, 6.45) is 0. The summed E-state index contributed by atoms with van der Waals surface area (Å²) in [4.78, 5) is 4.66. The molecule has 3 heteroatoms. The molecule has 0 aliphatic heterocycles. The van der Waals surface area contributed by atoms with Crippen molar-refractivity contribution >= 4 is 22.2 Å². The predicted octanol–water partition coefficient (Wildman–Crippen LogP) is 6.22. The van der Waals surface area contributed by atoms with Crippen LogP contribution in [-0.2, 0) is 0 Å². The van der Waals surface area contributed by atoms with Gasteiger partial charge in [0.25, 0.3) is 0 Å². The molecule has 0 fully saturated rings. The summed E-state index contributed by atoms with van der Waals surface area (Å²) < 4.78 is 0. The first-order valence-corrected chi connectivity index (χ1v) is 8.70. The van der Waals surface area contributed by atoms with Crippen LogP contribution in [0.5, 0.6) is 0 Å². The molecule has 0 bridgehead atoms. The maximum absolute atomic E-state index is 4.66. The van der Waals surface area contributed by atoms with Gasteiger partial charge in [0.15, 0.2) is 5.13 Å². The van der Waals surface area contributed by atoms with Crippen LogP contribution in [0.2, 0.25) is 0 Å². The van der Waals surface area contributed by atoms with Crippen molar-refractivity contribution in [3.63, 3.8) is 0 Å². The molecular formula is C21H16N2S. The predicted molar refractivity (Wildman–Crippen MR) is 103 cm³/mol.